The van der Waals surface area contributed by atoms with Crippen molar-refractivity contribution in [3.8, 4) is 0 Å². The highest BCUT2D eigenvalue weighted by Gasteiger charge is 2.18. The molecule has 1 heterocycles. The summed E-state index contributed by atoms with van der Waals surface area (Å²) in [7, 11) is 0. The van der Waals surface area contributed by atoms with Crippen LogP contribution in [0.4, 0.5) is 0 Å². The molecule has 1 aliphatic rings. The Morgan fingerprint density at radius 1 is 1.00 bits per heavy atom. The van der Waals surface area contributed by atoms with Crippen molar-refractivity contribution >= 4 is 5.91 Å². The van der Waals surface area contributed by atoms with Crippen molar-refractivity contribution < 1.29 is 14.3 Å². The average Bonchev–Trinajstić information content (AvgIpc) is 3.15. The van der Waals surface area contributed by atoms with Gasteiger partial charge in [0.1, 0.15) is 0 Å². The van der Waals surface area contributed by atoms with Crippen molar-refractivity contribution in [2.75, 3.05) is 6.61 Å². The molecule has 132 valence electrons. The van der Waals surface area contributed by atoms with E-state index < -0.39 is 0 Å². The second-order valence-electron chi connectivity index (χ2n) is 6.41. The van der Waals surface area contributed by atoms with E-state index >= 15 is 0 Å². The molecule has 2 aromatic carbocycles. The van der Waals surface area contributed by atoms with Gasteiger partial charge in [0.15, 0.2) is 0 Å². The number of carbonyl (C=O) groups excluding carboxylic acids is 1. The first-order valence-electron chi connectivity index (χ1n) is 8.87. The summed E-state index contributed by atoms with van der Waals surface area (Å²) in [5.41, 5.74) is 3.39. The zero-order chi connectivity index (χ0) is 17.3. The summed E-state index contributed by atoms with van der Waals surface area (Å²) < 4.78 is 11.2. The van der Waals surface area contributed by atoms with Gasteiger partial charge in [-0.05, 0) is 29.5 Å². The van der Waals surface area contributed by atoms with Crippen LogP contribution in [0.5, 0.6) is 0 Å². The molecule has 1 aliphatic heterocycles. The molecular formula is C21H25NO3. The third kappa shape index (κ3) is 6.00. The molecule has 0 aromatic heterocycles. The zero-order valence-corrected chi connectivity index (χ0v) is 14.4. The minimum atomic E-state index is 0.0576. The fourth-order valence-corrected chi connectivity index (χ4v) is 2.90. The molecule has 0 saturated carbocycles. The van der Waals surface area contributed by atoms with Crippen molar-refractivity contribution in [2.45, 2.75) is 45.1 Å². The highest BCUT2D eigenvalue weighted by atomic mass is 16.5. The van der Waals surface area contributed by atoms with Gasteiger partial charge < -0.3 is 14.8 Å². The lowest BCUT2D eigenvalue weighted by atomic mass is 10.1. The van der Waals surface area contributed by atoms with Gasteiger partial charge in [0.25, 0.3) is 0 Å². The third-order valence-corrected chi connectivity index (χ3v) is 4.33. The molecule has 4 heteroatoms. The Labute approximate surface area is 149 Å². The summed E-state index contributed by atoms with van der Waals surface area (Å²) in [5.74, 6) is 0.0576. The maximum absolute atomic E-state index is 11.9. The average molecular weight is 339 g/mol. The standard InChI is InChI=1S/C21H25NO3/c23-21(13-20-7-4-12-25-20)22-14-17-8-10-19(11-9-17)16-24-15-18-5-2-1-3-6-18/h1-3,5-6,8-11,20H,4,7,12-16H2,(H,22,23). The van der Waals surface area contributed by atoms with Crippen molar-refractivity contribution in [1.29, 1.82) is 0 Å². The number of ether oxygens (including phenoxy) is 2. The molecule has 1 unspecified atom stereocenters. The van der Waals surface area contributed by atoms with E-state index in [1.165, 1.54) is 5.56 Å². The maximum Gasteiger partial charge on any atom is 0.222 e. The van der Waals surface area contributed by atoms with Crippen LogP contribution in [0, 0.1) is 0 Å². The molecule has 0 bridgehead atoms. The van der Waals surface area contributed by atoms with E-state index in [1.54, 1.807) is 0 Å². The van der Waals surface area contributed by atoms with E-state index in [0.717, 1.165) is 30.6 Å². The van der Waals surface area contributed by atoms with Gasteiger partial charge in [-0.25, -0.2) is 0 Å². The summed E-state index contributed by atoms with van der Waals surface area (Å²) in [6.45, 7) is 2.53. The summed E-state index contributed by atoms with van der Waals surface area (Å²) in [6.07, 6.45) is 2.62. The predicted octanol–water partition coefficient (Wildman–Crippen LogP) is 3.59. The van der Waals surface area contributed by atoms with Gasteiger partial charge in [0, 0.05) is 13.2 Å². The van der Waals surface area contributed by atoms with Gasteiger partial charge in [0.2, 0.25) is 5.91 Å². The van der Waals surface area contributed by atoms with Crippen LogP contribution in [-0.2, 0) is 34.0 Å². The molecule has 2 aromatic rings. The molecule has 1 N–H and O–H groups in total. The van der Waals surface area contributed by atoms with Crippen LogP contribution in [0.1, 0.15) is 36.0 Å². The first kappa shape index (κ1) is 17.6. The lowest BCUT2D eigenvalue weighted by Crippen LogP contribution is -2.26. The van der Waals surface area contributed by atoms with Crippen LogP contribution < -0.4 is 5.32 Å². The highest BCUT2D eigenvalue weighted by Crippen LogP contribution is 2.15. The first-order chi connectivity index (χ1) is 12.3. The van der Waals surface area contributed by atoms with Crippen LogP contribution in [0.25, 0.3) is 0 Å². The number of nitrogens with one attached hydrogen (secondary N) is 1. The summed E-state index contributed by atoms with van der Waals surface area (Å²) in [6, 6.07) is 18.3. The SMILES string of the molecule is O=C(CC1CCCO1)NCc1ccc(COCc2ccccc2)cc1. The number of hydrogen-bond donors (Lipinski definition) is 1. The molecule has 0 radical (unpaired) electrons. The molecule has 25 heavy (non-hydrogen) atoms. The Hall–Kier alpha value is -2.17. The zero-order valence-electron chi connectivity index (χ0n) is 14.4. The highest BCUT2D eigenvalue weighted by molar-refractivity contribution is 5.76. The number of rotatable bonds is 8. The Balaban J connectivity index is 1.37. The lowest BCUT2D eigenvalue weighted by molar-refractivity contribution is -0.123. The molecule has 1 amide bonds. The van der Waals surface area contributed by atoms with Crippen LogP contribution in [-0.4, -0.2) is 18.6 Å². The summed E-state index contributed by atoms with van der Waals surface area (Å²) in [4.78, 5) is 11.9. The van der Waals surface area contributed by atoms with E-state index in [4.69, 9.17) is 9.47 Å². The van der Waals surface area contributed by atoms with Crippen LogP contribution >= 0.6 is 0 Å². The van der Waals surface area contributed by atoms with Crippen molar-refractivity contribution in [2.24, 2.45) is 0 Å². The number of hydrogen-bond acceptors (Lipinski definition) is 3. The van der Waals surface area contributed by atoms with Crippen molar-refractivity contribution in [1.82, 2.24) is 5.32 Å². The third-order valence-electron chi connectivity index (χ3n) is 4.33. The fourth-order valence-electron chi connectivity index (χ4n) is 2.90. The summed E-state index contributed by atoms with van der Waals surface area (Å²) >= 11 is 0. The van der Waals surface area contributed by atoms with E-state index in [0.29, 0.717) is 26.2 Å². The monoisotopic (exact) mass is 339 g/mol. The van der Waals surface area contributed by atoms with Crippen LogP contribution in [0.15, 0.2) is 54.6 Å². The number of carbonyl (C=O) groups is 1. The molecule has 3 rings (SSSR count). The van der Waals surface area contributed by atoms with Crippen molar-refractivity contribution in [3.63, 3.8) is 0 Å². The molecule has 1 saturated heterocycles. The second-order valence-corrected chi connectivity index (χ2v) is 6.41. The maximum atomic E-state index is 11.9. The quantitative estimate of drug-likeness (QED) is 0.799. The Morgan fingerprint density at radius 3 is 2.36 bits per heavy atom. The molecule has 4 nitrogen and oxygen atoms in total. The number of benzene rings is 2. The second kappa shape index (κ2) is 9.35. The Kier molecular flexibility index (Phi) is 6.60. The minimum Gasteiger partial charge on any atom is -0.378 e. The number of amides is 1. The fraction of sp³-hybridized carbons (Fsp3) is 0.381. The predicted molar refractivity (Wildman–Crippen MR) is 96.8 cm³/mol. The molecular weight excluding hydrogens is 314 g/mol. The largest absolute Gasteiger partial charge is 0.378 e. The minimum absolute atomic E-state index is 0.0576. The smallest absolute Gasteiger partial charge is 0.222 e. The topological polar surface area (TPSA) is 47.6 Å². The van der Waals surface area contributed by atoms with E-state index in [9.17, 15) is 4.79 Å². The molecule has 0 aliphatic carbocycles. The normalized spacial score (nSPS) is 16.7. The van der Waals surface area contributed by atoms with E-state index in [-0.39, 0.29) is 12.0 Å². The van der Waals surface area contributed by atoms with Gasteiger partial charge in [-0.3, -0.25) is 4.79 Å². The molecule has 1 fully saturated rings. The van der Waals surface area contributed by atoms with Gasteiger partial charge >= 0.3 is 0 Å². The van der Waals surface area contributed by atoms with E-state index in [1.807, 2.05) is 42.5 Å². The van der Waals surface area contributed by atoms with Crippen LogP contribution in [0.2, 0.25) is 0 Å². The van der Waals surface area contributed by atoms with Gasteiger partial charge in [-0.15, -0.1) is 0 Å². The van der Waals surface area contributed by atoms with Crippen molar-refractivity contribution in [3.05, 3.63) is 71.3 Å². The lowest BCUT2D eigenvalue weighted by Gasteiger charge is -2.10. The summed E-state index contributed by atoms with van der Waals surface area (Å²) in [5, 5.41) is 2.96. The first-order valence-corrected chi connectivity index (χ1v) is 8.87. The van der Waals surface area contributed by atoms with E-state index in [2.05, 4.69) is 17.4 Å². The van der Waals surface area contributed by atoms with Gasteiger partial charge in [0.05, 0.1) is 25.7 Å². The molecule has 1 atom stereocenters. The van der Waals surface area contributed by atoms with Gasteiger partial charge in [-0.2, -0.15) is 0 Å². The Morgan fingerprint density at radius 2 is 1.68 bits per heavy atom. The van der Waals surface area contributed by atoms with Gasteiger partial charge in [-0.1, -0.05) is 54.6 Å². The Bertz CT molecular complexity index is 649. The van der Waals surface area contributed by atoms with Crippen LogP contribution in [0.3, 0.4) is 0 Å². The molecule has 0 spiro atoms.